The largest absolute Gasteiger partial charge is 0.344 e. The first-order valence-corrected chi connectivity index (χ1v) is 21.2. The third-order valence-corrected chi connectivity index (χ3v) is 11.9. The number of hydrogen-bond donors (Lipinski definition) is 2. The minimum absolute atomic E-state index is 0.00284. The van der Waals surface area contributed by atoms with Crippen molar-refractivity contribution in [1.82, 2.24) is 39.4 Å². The fraction of sp³-hybridized carbons (Fsp3) is 0.268. The van der Waals surface area contributed by atoms with Gasteiger partial charge in [0.25, 0.3) is 17.9 Å². The monoisotopic (exact) mass is 895 g/mol. The number of pyridine rings is 1. The molecule has 0 spiro atoms. The Kier molecular flexibility index (Phi) is 9.73. The summed E-state index contributed by atoms with van der Waals surface area (Å²) in [5.41, 5.74) is -0.492. The molecule has 1 amide bonds. The number of benzene rings is 3. The third-order valence-electron chi connectivity index (χ3n) is 11.0. The van der Waals surface area contributed by atoms with Crippen molar-refractivity contribution in [2.24, 2.45) is 13.0 Å². The molecule has 4 aromatic heterocycles. The minimum atomic E-state index is -3.91. The number of anilines is 1. The number of rotatable bonds is 11. The smallest absolute Gasteiger partial charge is 0.293 e. The standard InChI is InChI=1S/C41H32ClF6N9O4S/c1-18-8-9-49-27(10-18)20-4-5-23-28(14-20)51-39(57(40(23)59)30-7-6-26(42)33-35(30)55(2)53-38(33)54-62(3,60)61)29(13-19-11-21(43)15-22(44)12-19)50-31(58)17-56-36-32(34(52-56)37(45)46)24-16-25(24)41(36,47)48/h4-12,14-15,24-25,29,37H,13,16-17H2,1-3H3,(H,50,58)(H,53,54)/t24-,25+,29-/m0/s1. The molecule has 0 aliphatic heterocycles. The highest BCUT2D eigenvalue weighted by Crippen LogP contribution is 2.68. The summed E-state index contributed by atoms with van der Waals surface area (Å²) < 4.78 is 119. The fourth-order valence-electron chi connectivity index (χ4n) is 8.43. The Morgan fingerprint density at radius 1 is 1.03 bits per heavy atom. The van der Waals surface area contributed by atoms with Gasteiger partial charge in [0.1, 0.15) is 35.4 Å². The van der Waals surface area contributed by atoms with E-state index in [1.54, 1.807) is 30.5 Å². The second-order valence-electron chi connectivity index (χ2n) is 15.5. The topological polar surface area (TPSA) is 159 Å². The Balaban J connectivity index is 1.26. The highest BCUT2D eigenvalue weighted by molar-refractivity contribution is 7.92. The lowest BCUT2D eigenvalue weighted by Gasteiger charge is -2.24. The lowest BCUT2D eigenvalue weighted by atomic mass is 10.0. The van der Waals surface area contributed by atoms with Gasteiger partial charge in [-0.1, -0.05) is 17.7 Å². The molecular formula is C41H32ClF6N9O4S. The molecule has 320 valence electrons. The molecule has 1 saturated carbocycles. The zero-order valence-corrected chi connectivity index (χ0v) is 34.2. The van der Waals surface area contributed by atoms with Crippen molar-refractivity contribution < 1.29 is 39.6 Å². The number of fused-ring (bicyclic) bond motifs is 5. The molecular weight excluding hydrogens is 864 g/mol. The Labute approximate surface area is 352 Å². The van der Waals surface area contributed by atoms with Crippen molar-refractivity contribution in [3.05, 3.63) is 128 Å². The Hall–Kier alpha value is -6.28. The number of alkyl halides is 4. The first kappa shape index (κ1) is 41.1. The van der Waals surface area contributed by atoms with Crippen molar-refractivity contribution in [1.29, 1.82) is 0 Å². The highest BCUT2D eigenvalue weighted by atomic mass is 35.5. The fourth-order valence-corrected chi connectivity index (χ4v) is 9.17. The molecule has 7 aromatic rings. The van der Waals surface area contributed by atoms with Crippen LogP contribution >= 0.6 is 11.6 Å². The average molecular weight is 896 g/mol. The van der Waals surface area contributed by atoms with Crippen LogP contribution in [0.25, 0.3) is 38.8 Å². The minimum Gasteiger partial charge on any atom is -0.344 e. The molecule has 21 heteroatoms. The Bertz CT molecular complexity index is 3190. The van der Waals surface area contributed by atoms with Crippen LogP contribution in [0.2, 0.25) is 5.02 Å². The van der Waals surface area contributed by atoms with E-state index in [0.29, 0.717) is 22.0 Å². The number of halogens is 7. The summed E-state index contributed by atoms with van der Waals surface area (Å²) >= 11 is 6.63. The molecule has 0 radical (unpaired) electrons. The summed E-state index contributed by atoms with van der Waals surface area (Å²) in [4.78, 5) is 38.5. The molecule has 0 saturated heterocycles. The molecule has 0 bridgehead atoms. The van der Waals surface area contributed by atoms with E-state index < -0.39 is 87.7 Å². The molecule has 3 atom stereocenters. The van der Waals surface area contributed by atoms with E-state index in [4.69, 9.17) is 16.6 Å². The Morgan fingerprint density at radius 3 is 2.47 bits per heavy atom. The molecule has 3 aromatic carbocycles. The molecule has 0 unspecified atom stereocenters. The molecule has 9 rings (SSSR count). The first-order valence-electron chi connectivity index (χ1n) is 18.9. The van der Waals surface area contributed by atoms with Crippen LogP contribution < -0.4 is 15.6 Å². The van der Waals surface area contributed by atoms with Crippen LogP contribution in [0, 0.1) is 24.5 Å². The number of carbonyl (C=O) groups is 1. The average Bonchev–Trinajstić information content (AvgIpc) is 3.72. The molecule has 4 heterocycles. The lowest BCUT2D eigenvalue weighted by Crippen LogP contribution is -2.38. The number of amides is 1. The van der Waals surface area contributed by atoms with Crippen LogP contribution in [0.1, 0.15) is 58.7 Å². The quantitative estimate of drug-likeness (QED) is 0.127. The summed E-state index contributed by atoms with van der Waals surface area (Å²) in [6.45, 7) is 0.883. The van der Waals surface area contributed by atoms with Crippen molar-refractivity contribution in [3.8, 4) is 16.9 Å². The normalized spacial score (nSPS) is 17.1. The molecule has 62 heavy (non-hydrogen) atoms. The number of nitrogens with one attached hydrogen (secondary N) is 2. The molecule has 1 fully saturated rings. The zero-order chi connectivity index (χ0) is 44.2. The second kappa shape index (κ2) is 14.7. The number of carbonyl (C=O) groups excluding carboxylic acids is 1. The summed E-state index contributed by atoms with van der Waals surface area (Å²) in [6, 6.07) is 12.2. The second-order valence-corrected chi connectivity index (χ2v) is 17.6. The third kappa shape index (κ3) is 7.13. The van der Waals surface area contributed by atoms with Crippen molar-refractivity contribution in [2.75, 3.05) is 11.0 Å². The summed E-state index contributed by atoms with van der Waals surface area (Å²) in [7, 11) is -2.45. The van der Waals surface area contributed by atoms with Gasteiger partial charge >= 0.3 is 0 Å². The SMILES string of the molecule is Cc1ccnc(-c2ccc3c(=O)n(-c4ccc(Cl)c5c(NS(C)(=O)=O)nn(C)c45)c([C@H](Cc4cc(F)cc(F)c4)NC(=O)Cn4nc(C(F)F)c5c4C(F)(F)[C@@H]4C[C@H]54)nc3c2)c1. The predicted octanol–water partition coefficient (Wildman–Crippen LogP) is 7.39. The van der Waals surface area contributed by atoms with Gasteiger partial charge in [-0.05, 0) is 78.9 Å². The number of aromatic nitrogens is 7. The number of nitrogens with zero attached hydrogens (tertiary/aromatic N) is 7. The molecule has 2 aliphatic carbocycles. The van der Waals surface area contributed by atoms with Gasteiger partial charge in [-0.2, -0.15) is 19.0 Å². The van der Waals surface area contributed by atoms with Crippen molar-refractivity contribution >= 4 is 55.2 Å². The Morgan fingerprint density at radius 2 is 1.77 bits per heavy atom. The van der Waals surface area contributed by atoms with Gasteiger partial charge in [0.2, 0.25) is 15.9 Å². The van der Waals surface area contributed by atoms with E-state index in [9.17, 15) is 30.8 Å². The maximum atomic E-state index is 15.5. The van der Waals surface area contributed by atoms with Gasteiger partial charge in [0.05, 0.1) is 50.5 Å². The van der Waals surface area contributed by atoms with Gasteiger partial charge in [-0.25, -0.2) is 31.0 Å². The van der Waals surface area contributed by atoms with E-state index in [0.717, 1.165) is 28.5 Å². The first-order chi connectivity index (χ1) is 29.3. The van der Waals surface area contributed by atoms with E-state index in [-0.39, 0.29) is 61.7 Å². The van der Waals surface area contributed by atoms with E-state index in [1.807, 2.05) is 6.92 Å². The van der Waals surface area contributed by atoms with Gasteiger partial charge in [-0.3, -0.25) is 33.2 Å². The van der Waals surface area contributed by atoms with Gasteiger partial charge < -0.3 is 5.32 Å². The van der Waals surface area contributed by atoms with E-state index in [1.165, 1.54) is 29.9 Å². The van der Waals surface area contributed by atoms with Crippen LogP contribution in [0.4, 0.5) is 32.2 Å². The maximum Gasteiger partial charge on any atom is 0.293 e. The van der Waals surface area contributed by atoms with Crippen LogP contribution in [-0.4, -0.2) is 54.7 Å². The van der Waals surface area contributed by atoms with Crippen LogP contribution in [-0.2, 0) is 40.8 Å². The van der Waals surface area contributed by atoms with E-state index in [2.05, 4.69) is 25.2 Å². The van der Waals surface area contributed by atoms with Crippen molar-refractivity contribution in [3.63, 3.8) is 0 Å². The van der Waals surface area contributed by atoms with Gasteiger partial charge in [-0.15, -0.1) is 0 Å². The molecule has 2 aliphatic rings. The molecule has 2 N–H and O–H groups in total. The van der Waals surface area contributed by atoms with Crippen LogP contribution in [0.15, 0.2) is 71.7 Å². The van der Waals surface area contributed by atoms with Crippen molar-refractivity contribution in [2.45, 2.75) is 50.6 Å². The molecule has 13 nitrogen and oxygen atoms in total. The maximum absolute atomic E-state index is 15.5. The highest BCUT2D eigenvalue weighted by Gasteiger charge is 2.67. The van der Waals surface area contributed by atoms with Crippen LogP contribution in [0.3, 0.4) is 0 Å². The number of hydrogen-bond acceptors (Lipinski definition) is 8. The number of aryl methyl sites for hydroxylation is 2. The zero-order valence-electron chi connectivity index (χ0n) is 32.6. The summed E-state index contributed by atoms with van der Waals surface area (Å²) in [5.74, 6) is -9.00. The predicted molar refractivity (Wildman–Crippen MR) is 216 cm³/mol. The lowest BCUT2D eigenvalue weighted by molar-refractivity contribution is -0.123. The van der Waals surface area contributed by atoms with E-state index >= 15 is 13.6 Å². The summed E-state index contributed by atoms with van der Waals surface area (Å²) in [6.07, 6.45) is -1.16. The van der Waals surface area contributed by atoms with Crippen LogP contribution in [0.5, 0.6) is 0 Å². The summed E-state index contributed by atoms with van der Waals surface area (Å²) in [5, 5.41) is 10.9. The van der Waals surface area contributed by atoms with Gasteiger partial charge in [0, 0.05) is 42.8 Å². The number of sulfonamides is 1. The van der Waals surface area contributed by atoms with Gasteiger partial charge in [0.15, 0.2) is 5.82 Å².